The van der Waals surface area contributed by atoms with Crippen molar-refractivity contribution in [2.75, 3.05) is 18.1 Å². The van der Waals surface area contributed by atoms with Crippen molar-refractivity contribution >= 4 is 35.4 Å². The van der Waals surface area contributed by atoms with Crippen molar-refractivity contribution in [1.29, 1.82) is 0 Å². The smallest absolute Gasteiger partial charge is 0.338 e. The summed E-state index contributed by atoms with van der Waals surface area (Å²) >= 11 is 3.86. The number of carbonyl (C=O) groups is 2. The topological polar surface area (TPSA) is 46.6 Å². The molecule has 4 nitrogen and oxygen atoms in total. The molecule has 0 aromatic heterocycles. The van der Waals surface area contributed by atoms with E-state index in [2.05, 4.69) is 6.07 Å². The molecular formula is C22H23NO3S2. The number of carbonyl (C=O) groups excluding carboxylic acids is 2. The molecule has 28 heavy (non-hydrogen) atoms. The summed E-state index contributed by atoms with van der Waals surface area (Å²) in [6, 6.07) is 15.7. The maximum Gasteiger partial charge on any atom is 0.338 e. The first-order valence-corrected chi connectivity index (χ1v) is 11.6. The quantitative estimate of drug-likeness (QED) is 0.700. The van der Waals surface area contributed by atoms with Gasteiger partial charge in [-0.3, -0.25) is 4.79 Å². The number of hydrogen-bond acceptors (Lipinski definition) is 5. The monoisotopic (exact) mass is 413 g/mol. The Morgan fingerprint density at radius 1 is 1.04 bits per heavy atom. The van der Waals surface area contributed by atoms with E-state index in [-0.39, 0.29) is 5.91 Å². The molecule has 0 aliphatic carbocycles. The van der Waals surface area contributed by atoms with Gasteiger partial charge in [-0.15, -0.1) is 23.5 Å². The zero-order valence-corrected chi connectivity index (χ0v) is 17.4. The van der Waals surface area contributed by atoms with Gasteiger partial charge in [0.2, 0.25) is 0 Å². The van der Waals surface area contributed by atoms with Gasteiger partial charge in [0, 0.05) is 24.6 Å². The minimum Gasteiger partial charge on any atom is -0.449 e. The van der Waals surface area contributed by atoms with E-state index >= 15 is 0 Å². The van der Waals surface area contributed by atoms with Gasteiger partial charge in [0.25, 0.3) is 5.91 Å². The minimum atomic E-state index is -0.793. The van der Waals surface area contributed by atoms with Crippen LogP contribution in [-0.2, 0) is 22.5 Å². The van der Waals surface area contributed by atoms with E-state index in [9.17, 15) is 9.59 Å². The Morgan fingerprint density at radius 3 is 2.43 bits per heavy atom. The Labute approximate surface area is 174 Å². The molecular weight excluding hydrogens is 390 g/mol. The van der Waals surface area contributed by atoms with Gasteiger partial charge < -0.3 is 9.64 Å². The summed E-state index contributed by atoms with van der Waals surface area (Å²) in [4.78, 5) is 27.0. The average Bonchev–Trinajstić information content (AvgIpc) is 3.28. The van der Waals surface area contributed by atoms with Crippen molar-refractivity contribution < 1.29 is 14.3 Å². The van der Waals surface area contributed by atoms with Crippen molar-refractivity contribution in [2.24, 2.45) is 0 Å². The van der Waals surface area contributed by atoms with Gasteiger partial charge in [0.15, 0.2) is 6.10 Å². The fourth-order valence-corrected chi connectivity index (χ4v) is 6.41. The van der Waals surface area contributed by atoms with Crippen LogP contribution >= 0.6 is 23.5 Å². The van der Waals surface area contributed by atoms with Gasteiger partial charge in [-0.05, 0) is 42.2 Å². The van der Waals surface area contributed by atoms with Crippen LogP contribution < -0.4 is 0 Å². The lowest BCUT2D eigenvalue weighted by Gasteiger charge is -2.30. The SMILES string of the molecule is C[C@@H](OC(=O)c1ccc(C2SCCS2)cc1)C(=O)N1CCc2ccccc2C1. The molecule has 6 heteroatoms. The molecule has 0 bridgehead atoms. The highest BCUT2D eigenvalue weighted by molar-refractivity contribution is 8.19. The lowest BCUT2D eigenvalue weighted by Crippen LogP contribution is -2.42. The van der Waals surface area contributed by atoms with Crippen LogP contribution in [0.3, 0.4) is 0 Å². The van der Waals surface area contributed by atoms with Crippen LogP contribution in [0.4, 0.5) is 0 Å². The summed E-state index contributed by atoms with van der Waals surface area (Å²) in [5, 5.41) is 0. The Bertz CT molecular complexity index is 862. The molecule has 1 fully saturated rings. The van der Waals surface area contributed by atoms with E-state index in [4.69, 9.17) is 4.74 Å². The summed E-state index contributed by atoms with van der Waals surface area (Å²) in [5.41, 5.74) is 4.16. The molecule has 2 aliphatic rings. The van der Waals surface area contributed by atoms with Gasteiger partial charge in [-0.2, -0.15) is 0 Å². The highest BCUT2D eigenvalue weighted by atomic mass is 32.2. The molecule has 0 spiro atoms. The molecule has 146 valence electrons. The van der Waals surface area contributed by atoms with E-state index in [0.717, 1.165) is 6.42 Å². The Hall–Kier alpha value is -1.92. The molecule has 1 saturated heterocycles. The molecule has 4 rings (SSSR count). The zero-order chi connectivity index (χ0) is 19.5. The van der Waals surface area contributed by atoms with E-state index in [1.165, 1.54) is 28.2 Å². The fourth-order valence-electron chi connectivity index (χ4n) is 3.55. The van der Waals surface area contributed by atoms with Crippen molar-refractivity contribution in [3.63, 3.8) is 0 Å². The molecule has 1 amide bonds. The second-order valence-electron chi connectivity index (χ2n) is 7.02. The van der Waals surface area contributed by atoms with Crippen LogP contribution in [0.1, 0.15) is 38.6 Å². The number of fused-ring (bicyclic) bond motifs is 1. The molecule has 0 N–H and O–H groups in total. The van der Waals surface area contributed by atoms with Crippen LogP contribution in [0.15, 0.2) is 48.5 Å². The lowest BCUT2D eigenvalue weighted by molar-refractivity contribution is -0.140. The maximum atomic E-state index is 12.7. The number of nitrogens with zero attached hydrogens (tertiary/aromatic N) is 1. The first kappa shape index (κ1) is 19.4. The summed E-state index contributed by atoms with van der Waals surface area (Å²) in [6.07, 6.45) is 0.0414. The molecule has 2 aromatic rings. The average molecular weight is 414 g/mol. The summed E-state index contributed by atoms with van der Waals surface area (Å²) in [7, 11) is 0. The van der Waals surface area contributed by atoms with Crippen LogP contribution in [0.25, 0.3) is 0 Å². The van der Waals surface area contributed by atoms with Crippen molar-refractivity contribution in [2.45, 2.75) is 30.6 Å². The van der Waals surface area contributed by atoms with Gasteiger partial charge >= 0.3 is 5.97 Å². The predicted octanol–water partition coefficient (Wildman–Crippen LogP) is 4.30. The molecule has 0 unspecified atom stereocenters. The number of hydrogen-bond donors (Lipinski definition) is 0. The lowest BCUT2D eigenvalue weighted by atomic mass is 9.99. The number of amides is 1. The van der Waals surface area contributed by atoms with E-state index < -0.39 is 12.1 Å². The molecule has 1 atom stereocenters. The van der Waals surface area contributed by atoms with Crippen molar-refractivity contribution in [3.8, 4) is 0 Å². The van der Waals surface area contributed by atoms with E-state index in [0.29, 0.717) is 23.2 Å². The van der Waals surface area contributed by atoms with Gasteiger partial charge in [-0.1, -0.05) is 36.4 Å². The van der Waals surface area contributed by atoms with Crippen LogP contribution in [0.2, 0.25) is 0 Å². The Kier molecular flexibility index (Phi) is 5.97. The van der Waals surface area contributed by atoms with E-state index in [1.54, 1.807) is 24.0 Å². The zero-order valence-electron chi connectivity index (χ0n) is 15.8. The fraction of sp³-hybridized carbons (Fsp3) is 0.364. The number of rotatable bonds is 4. The molecule has 0 saturated carbocycles. The summed E-state index contributed by atoms with van der Waals surface area (Å²) in [6.45, 7) is 2.88. The van der Waals surface area contributed by atoms with Gasteiger partial charge in [-0.25, -0.2) is 4.79 Å². The standard InChI is InChI=1S/C22H23NO3S2/c1-15(20(24)23-11-10-16-4-2-3-5-19(16)14-23)26-21(25)17-6-8-18(9-7-17)22-27-12-13-28-22/h2-9,15,22H,10-14H2,1H3/t15-/m1/s1. The number of benzene rings is 2. The largest absolute Gasteiger partial charge is 0.449 e. The Balaban J connectivity index is 1.35. The van der Waals surface area contributed by atoms with Crippen molar-refractivity contribution in [1.82, 2.24) is 4.90 Å². The maximum absolute atomic E-state index is 12.7. The van der Waals surface area contributed by atoms with Crippen LogP contribution in [0.5, 0.6) is 0 Å². The van der Waals surface area contributed by atoms with Crippen LogP contribution in [-0.4, -0.2) is 40.9 Å². The normalized spacial score (nSPS) is 17.8. The predicted molar refractivity (Wildman–Crippen MR) is 115 cm³/mol. The first-order valence-electron chi connectivity index (χ1n) is 9.51. The molecule has 2 aromatic carbocycles. The highest BCUT2D eigenvalue weighted by Crippen LogP contribution is 2.45. The van der Waals surface area contributed by atoms with Crippen molar-refractivity contribution in [3.05, 3.63) is 70.8 Å². The number of thioether (sulfide) groups is 2. The van der Waals surface area contributed by atoms with Gasteiger partial charge in [0.1, 0.15) is 0 Å². The second-order valence-corrected chi connectivity index (χ2v) is 9.75. The summed E-state index contributed by atoms with van der Waals surface area (Å²) in [5.74, 6) is 1.74. The third-order valence-corrected chi connectivity index (χ3v) is 8.22. The molecule has 2 heterocycles. The number of ether oxygens (including phenoxy) is 1. The number of esters is 1. The second kappa shape index (κ2) is 8.62. The first-order chi connectivity index (χ1) is 13.6. The minimum absolute atomic E-state index is 0.141. The molecule has 0 radical (unpaired) electrons. The third-order valence-electron chi connectivity index (χ3n) is 5.11. The Morgan fingerprint density at radius 2 is 1.71 bits per heavy atom. The van der Waals surface area contributed by atoms with Crippen LogP contribution in [0, 0.1) is 0 Å². The highest BCUT2D eigenvalue weighted by Gasteiger charge is 2.27. The third kappa shape index (κ3) is 4.23. The molecule has 2 aliphatic heterocycles. The summed E-state index contributed by atoms with van der Waals surface area (Å²) < 4.78 is 5.92. The van der Waals surface area contributed by atoms with Gasteiger partial charge in [0.05, 0.1) is 10.1 Å². The van der Waals surface area contributed by atoms with E-state index in [1.807, 2.05) is 53.9 Å².